The molecule has 1 aliphatic heterocycles. The van der Waals surface area contributed by atoms with Crippen LogP contribution in [0.2, 0.25) is 0 Å². The van der Waals surface area contributed by atoms with E-state index in [9.17, 15) is 19.8 Å². The maximum absolute atomic E-state index is 12.2. The molecule has 1 aromatic heterocycles. The van der Waals surface area contributed by atoms with Crippen molar-refractivity contribution >= 4 is 11.9 Å². The van der Waals surface area contributed by atoms with Crippen LogP contribution in [0, 0.1) is 11.8 Å². The molecule has 6 atom stereocenters. The molecular formula is C17H21NO6. The van der Waals surface area contributed by atoms with E-state index >= 15 is 0 Å². The van der Waals surface area contributed by atoms with Crippen LogP contribution in [0.15, 0.2) is 34.5 Å². The highest BCUT2D eigenvalue weighted by atomic mass is 16.6. The number of carbonyl (C=O) groups excluding carboxylic acids is 2. The van der Waals surface area contributed by atoms with Gasteiger partial charge in [0.25, 0.3) is 0 Å². The summed E-state index contributed by atoms with van der Waals surface area (Å²) in [5.41, 5.74) is -1.02. The number of nitrogens with one attached hydrogen (secondary N) is 1. The normalized spacial score (nSPS) is 38.0. The van der Waals surface area contributed by atoms with Crippen molar-refractivity contribution in [1.82, 2.24) is 5.32 Å². The van der Waals surface area contributed by atoms with Gasteiger partial charge in [0.2, 0.25) is 11.7 Å². The van der Waals surface area contributed by atoms with Gasteiger partial charge in [-0.2, -0.15) is 0 Å². The van der Waals surface area contributed by atoms with Gasteiger partial charge in [-0.15, -0.1) is 0 Å². The Morgan fingerprint density at radius 3 is 2.79 bits per heavy atom. The fourth-order valence-corrected chi connectivity index (χ4v) is 4.14. The van der Waals surface area contributed by atoms with E-state index in [1.165, 1.54) is 19.3 Å². The summed E-state index contributed by atoms with van der Waals surface area (Å²) in [7, 11) is 0. The molecule has 24 heavy (non-hydrogen) atoms. The summed E-state index contributed by atoms with van der Waals surface area (Å²) in [6, 6.07) is 2.41. The highest BCUT2D eigenvalue weighted by Gasteiger charge is 2.65. The van der Waals surface area contributed by atoms with E-state index in [1.807, 2.05) is 0 Å². The lowest BCUT2D eigenvalue weighted by Gasteiger charge is -2.34. The zero-order valence-electron chi connectivity index (χ0n) is 13.7. The van der Waals surface area contributed by atoms with Crippen LogP contribution in [0.5, 0.6) is 0 Å². The van der Waals surface area contributed by atoms with E-state index in [-0.39, 0.29) is 11.7 Å². The van der Waals surface area contributed by atoms with E-state index in [0.717, 1.165) is 0 Å². The minimum atomic E-state index is -1.51. The Balaban J connectivity index is 1.96. The smallest absolute Gasteiger partial charge is 0.374 e. The molecule has 1 aromatic rings. The summed E-state index contributed by atoms with van der Waals surface area (Å²) in [5.74, 6) is -2.07. The average Bonchev–Trinajstić information content (AvgIpc) is 3.16. The Morgan fingerprint density at radius 2 is 2.25 bits per heavy atom. The van der Waals surface area contributed by atoms with Gasteiger partial charge in [0, 0.05) is 17.4 Å². The first-order valence-corrected chi connectivity index (χ1v) is 7.91. The molecule has 2 heterocycles. The molecule has 7 heteroatoms. The SMILES string of the molecule is C/C=C1/C(=O)N[C@H]2[C@H]1[C@H](C(C)O)[C@@](C)(O)[C@H]2OC(=O)c1ccco1. The second-order valence-electron chi connectivity index (χ2n) is 6.56. The van der Waals surface area contributed by atoms with Crippen molar-refractivity contribution in [2.75, 3.05) is 0 Å². The molecule has 1 unspecified atom stereocenters. The fraction of sp³-hybridized carbons (Fsp3) is 0.529. The molecule has 0 aromatic carbocycles. The molecule has 1 saturated carbocycles. The van der Waals surface area contributed by atoms with Gasteiger partial charge >= 0.3 is 5.97 Å². The molecule has 0 radical (unpaired) electrons. The summed E-state index contributed by atoms with van der Waals surface area (Å²) in [5, 5.41) is 23.9. The maximum Gasteiger partial charge on any atom is 0.374 e. The molecule has 1 amide bonds. The predicted molar refractivity (Wildman–Crippen MR) is 82.9 cm³/mol. The largest absolute Gasteiger partial charge is 0.457 e. The van der Waals surface area contributed by atoms with Gasteiger partial charge in [0.05, 0.1) is 18.4 Å². The van der Waals surface area contributed by atoms with Gasteiger partial charge in [-0.05, 0) is 32.9 Å². The van der Waals surface area contributed by atoms with Crippen molar-refractivity contribution in [1.29, 1.82) is 0 Å². The lowest BCUT2D eigenvalue weighted by molar-refractivity contribution is -0.123. The number of rotatable bonds is 3. The Hall–Kier alpha value is -2.12. The third-order valence-electron chi connectivity index (χ3n) is 5.06. The molecule has 130 valence electrons. The number of aliphatic hydroxyl groups is 2. The third-order valence-corrected chi connectivity index (χ3v) is 5.06. The summed E-state index contributed by atoms with van der Waals surface area (Å²) < 4.78 is 10.5. The monoisotopic (exact) mass is 335 g/mol. The predicted octanol–water partition coefficient (Wildman–Crippen LogP) is 0.627. The Labute approximate surface area is 139 Å². The zero-order valence-corrected chi connectivity index (χ0v) is 13.7. The number of hydrogen-bond acceptors (Lipinski definition) is 6. The van der Waals surface area contributed by atoms with E-state index < -0.39 is 41.7 Å². The van der Waals surface area contributed by atoms with Crippen LogP contribution >= 0.6 is 0 Å². The van der Waals surface area contributed by atoms with Crippen molar-refractivity contribution in [2.45, 2.75) is 44.6 Å². The van der Waals surface area contributed by atoms with Gasteiger partial charge in [0.15, 0.2) is 6.10 Å². The highest BCUT2D eigenvalue weighted by molar-refractivity contribution is 5.97. The van der Waals surface area contributed by atoms with Crippen molar-refractivity contribution < 1.29 is 29.0 Å². The van der Waals surface area contributed by atoms with Crippen LogP contribution in [-0.2, 0) is 9.53 Å². The number of ether oxygens (including phenoxy) is 1. The average molecular weight is 335 g/mol. The Morgan fingerprint density at radius 1 is 1.54 bits per heavy atom. The third kappa shape index (κ3) is 2.35. The van der Waals surface area contributed by atoms with Crippen LogP contribution in [-0.4, -0.2) is 45.9 Å². The van der Waals surface area contributed by atoms with Gasteiger partial charge in [-0.1, -0.05) is 6.08 Å². The van der Waals surface area contributed by atoms with Crippen molar-refractivity contribution in [3.05, 3.63) is 35.8 Å². The number of amides is 1. The van der Waals surface area contributed by atoms with Crippen LogP contribution in [0.25, 0.3) is 0 Å². The molecule has 1 aliphatic carbocycles. The number of aliphatic hydroxyl groups excluding tert-OH is 1. The van der Waals surface area contributed by atoms with Crippen LogP contribution in [0.3, 0.4) is 0 Å². The first-order valence-electron chi connectivity index (χ1n) is 7.91. The van der Waals surface area contributed by atoms with Crippen molar-refractivity contribution in [3.8, 4) is 0 Å². The number of hydrogen-bond donors (Lipinski definition) is 3. The van der Waals surface area contributed by atoms with E-state index in [1.54, 1.807) is 26.0 Å². The summed E-state index contributed by atoms with van der Waals surface area (Å²) in [6.07, 6.45) is 1.13. The number of allylic oxidation sites excluding steroid dienone is 1. The molecule has 7 nitrogen and oxygen atoms in total. The molecule has 2 fully saturated rings. The van der Waals surface area contributed by atoms with Crippen LogP contribution < -0.4 is 5.32 Å². The van der Waals surface area contributed by atoms with Gasteiger partial charge in [-0.25, -0.2) is 4.79 Å². The molecular weight excluding hydrogens is 314 g/mol. The van der Waals surface area contributed by atoms with Crippen molar-refractivity contribution in [2.24, 2.45) is 11.8 Å². The van der Waals surface area contributed by atoms with Gasteiger partial charge in [-0.3, -0.25) is 4.79 Å². The maximum atomic E-state index is 12.2. The lowest BCUT2D eigenvalue weighted by Crippen LogP contribution is -2.51. The van der Waals surface area contributed by atoms with E-state index in [2.05, 4.69) is 5.32 Å². The lowest BCUT2D eigenvalue weighted by atomic mass is 9.79. The second kappa shape index (κ2) is 5.75. The molecule has 3 rings (SSSR count). The number of furan rings is 1. The first kappa shape index (κ1) is 16.7. The fourth-order valence-electron chi connectivity index (χ4n) is 4.14. The van der Waals surface area contributed by atoms with Gasteiger partial charge < -0.3 is 24.7 Å². The van der Waals surface area contributed by atoms with Gasteiger partial charge in [0.1, 0.15) is 5.60 Å². The summed E-state index contributed by atoms with van der Waals surface area (Å²) >= 11 is 0. The summed E-state index contributed by atoms with van der Waals surface area (Å²) in [6.45, 7) is 4.80. The quantitative estimate of drug-likeness (QED) is 0.552. The minimum absolute atomic E-state index is 0.0124. The minimum Gasteiger partial charge on any atom is -0.457 e. The summed E-state index contributed by atoms with van der Waals surface area (Å²) in [4.78, 5) is 24.4. The zero-order chi connectivity index (χ0) is 17.6. The number of carbonyl (C=O) groups is 2. The highest BCUT2D eigenvalue weighted by Crippen LogP contribution is 2.50. The topological polar surface area (TPSA) is 109 Å². The Kier molecular flexibility index (Phi) is 4.01. The van der Waals surface area contributed by atoms with E-state index in [0.29, 0.717) is 5.57 Å². The molecule has 0 spiro atoms. The number of fused-ring (bicyclic) bond motifs is 1. The number of esters is 1. The molecule has 3 N–H and O–H groups in total. The Bertz CT molecular complexity index is 675. The van der Waals surface area contributed by atoms with Crippen LogP contribution in [0.4, 0.5) is 0 Å². The standard InChI is InChI=1S/C17H21NO6/c1-4-9-11-12(8(2)19)17(3,22)14(13(11)18-15(9)20)24-16(21)10-6-5-7-23-10/h4-8,11-14,19,22H,1-3H3,(H,18,20)/b9-4+/t8?,11-,12+,13+,14+,17-/m1/s1. The first-order chi connectivity index (χ1) is 11.3. The van der Waals surface area contributed by atoms with Crippen LogP contribution in [0.1, 0.15) is 31.3 Å². The van der Waals surface area contributed by atoms with Crippen molar-refractivity contribution in [3.63, 3.8) is 0 Å². The molecule has 1 saturated heterocycles. The second-order valence-corrected chi connectivity index (χ2v) is 6.56. The molecule has 0 bridgehead atoms. The van der Waals surface area contributed by atoms with E-state index in [4.69, 9.17) is 9.15 Å². The molecule has 2 aliphatic rings.